The number of anilines is 1. The van der Waals surface area contributed by atoms with Crippen LogP contribution in [-0.4, -0.2) is 34.8 Å². The van der Waals surface area contributed by atoms with Crippen LogP contribution in [0.5, 0.6) is 0 Å². The fourth-order valence-electron chi connectivity index (χ4n) is 3.17. The van der Waals surface area contributed by atoms with Crippen molar-refractivity contribution >= 4 is 50.4 Å². The van der Waals surface area contributed by atoms with Gasteiger partial charge in [0.05, 0.1) is 20.0 Å². The maximum Gasteiger partial charge on any atom is 0.265 e. The molecule has 2 aromatic heterocycles. The van der Waals surface area contributed by atoms with Gasteiger partial charge < -0.3 is 10.2 Å². The SMILES string of the molecule is CCN(CC)C(=O)c1cccc(NC(=O)c2ccc(-c3nc4ccccc4s3)s2)c1. The van der Waals surface area contributed by atoms with Crippen LogP contribution in [0.3, 0.4) is 0 Å². The van der Waals surface area contributed by atoms with Crippen LogP contribution in [-0.2, 0) is 0 Å². The van der Waals surface area contributed by atoms with Crippen molar-refractivity contribution in [1.82, 2.24) is 9.88 Å². The topological polar surface area (TPSA) is 62.3 Å². The Kier molecular flexibility index (Phi) is 5.92. The van der Waals surface area contributed by atoms with Gasteiger partial charge in [0.2, 0.25) is 0 Å². The summed E-state index contributed by atoms with van der Waals surface area (Å²) in [4.78, 5) is 33.3. The van der Waals surface area contributed by atoms with Gasteiger partial charge in [0.15, 0.2) is 0 Å². The highest BCUT2D eigenvalue weighted by atomic mass is 32.1. The van der Waals surface area contributed by atoms with Crippen molar-refractivity contribution in [1.29, 1.82) is 0 Å². The van der Waals surface area contributed by atoms with Crippen LogP contribution in [0.2, 0.25) is 0 Å². The number of aromatic nitrogens is 1. The van der Waals surface area contributed by atoms with Crippen LogP contribution in [0.4, 0.5) is 5.69 Å². The quantitative estimate of drug-likeness (QED) is 0.419. The van der Waals surface area contributed by atoms with Crippen molar-refractivity contribution in [3.05, 3.63) is 71.1 Å². The molecule has 0 aliphatic carbocycles. The molecule has 0 fully saturated rings. The second-order valence-corrected chi connectivity index (χ2v) is 8.78. The van der Waals surface area contributed by atoms with Gasteiger partial charge in [0, 0.05) is 24.3 Å². The molecule has 4 aromatic rings. The third kappa shape index (κ3) is 4.13. The lowest BCUT2D eigenvalue weighted by Crippen LogP contribution is -2.30. The van der Waals surface area contributed by atoms with Crippen molar-refractivity contribution < 1.29 is 9.59 Å². The summed E-state index contributed by atoms with van der Waals surface area (Å²) < 4.78 is 1.13. The fourth-order valence-corrected chi connectivity index (χ4v) is 5.09. The maximum atomic E-state index is 12.7. The average molecular weight is 436 g/mol. The van der Waals surface area contributed by atoms with E-state index < -0.39 is 0 Å². The Balaban J connectivity index is 1.51. The molecule has 30 heavy (non-hydrogen) atoms. The largest absolute Gasteiger partial charge is 0.339 e. The number of rotatable bonds is 6. The van der Waals surface area contributed by atoms with Crippen LogP contribution < -0.4 is 5.32 Å². The van der Waals surface area contributed by atoms with E-state index in [2.05, 4.69) is 10.3 Å². The number of hydrogen-bond acceptors (Lipinski definition) is 5. The highest BCUT2D eigenvalue weighted by Crippen LogP contribution is 2.34. The number of nitrogens with one attached hydrogen (secondary N) is 1. The van der Waals surface area contributed by atoms with Crippen LogP contribution in [0, 0.1) is 0 Å². The first-order chi connectivity index (χ1) is 14.6. The zero-order chi connectivity index (χ0) is 21.1. The molecule has 0 saturated carbocycles. The van der Waals surface area contributed by atoms with E-state index >= 15 is 0 Å². The molecule has 0 spiro atoms. The molecule has 4 rings (SSSR count). The molecule has 0 atom stereocenters. The van der Waals surface area contributed by atoms with Gasteiger partial charge in [-0.3, -0.25) is 9.59 Å². The molecule has 0 aliphatic heterocycles. The molecular formula is C23H21N3O2S2. The van der Waals surface area contributed by atoms with E-state index in [-0.39, 0.29) is 11.8 Å². The molecule has 152 valence electrons. The maximum absolute atomic E-state index is 12.7. The summed E-state index contributed by atoms with van der Waals surface area (Å²) in [5.41, 5.74) is 2.14. The molecule has 0 saturated heterocycles. The number of fused-ring (bicyclic) bond motifs is 1. The Morgan fingerprint density at radius 2 is 1.77 bits per heavy atom. The summed E-state index contributed by atoms with van der Waals surface area (Å²) in [5.74, 6) is -0.231. The predicted octanol–water partition coefficient (Wildman–Crippen LogP) is 5.76. The summed E-state index contributed by atoms with van der Waals surface area (Å²) in [6, 6.07) is 18.8. The Morgan fingerprint density at radius 1 is 0.967 bits per heavy atom. The summed E-state index contributed by atoms with van der Waals surface area (Å²) in [7, 11) is 0. The lowest BCUT2D eigenvalue weighted by atomic mass is 10.1. The van der Waals surface area contributed by atoms with Gasteiger partial charge in [0.1, 0.15) is 5.01 Å². The molecule has 0 bridgehead atoms. The number of hydrogen-bond donors (Lipinski definition) is 1. The smallest absolute Gasteiger partial charge is 0.265 e. The van der Waals surface area contributed by atoms with E-state index in [4.69, 9.17) is 0 Å². The van der Waals surface area contributed by atoms with E-state index in [1.165, 1.54) is 11.3 Å². The van der Waals surface area contributed by atoms with E-state index in [0.717, 1.165) is 20.1 Å². The zero-order valence-electron chi connectivity index (χ0n) is 16.7. The third-order valence-electron chi connectivity index (χ3n) is 4.75. The molecule has 2 aromatic carbocycles. The van der Waals surface area contributed by atoms with Crippen LogP contribution in [0.15, 0.2) is 60.7 Å². The average Bonchev–Trinajstić information content (AvgIpc) is 3.42. The molecule has 0 unspecified atom stereocenters. The number of carbonyl (C=O) groups excluding carboxylic acids is 2. The van der Waals surface area contributed by atoms with Gasteiger partial charge in [-0.1, -0.05) is 18.2 Å². The van der Waals surface area contributed by atoms with Crippen molar-refractivity contribution in [2.45, 2.75) is 13.8 Å². The van der Waals surface area contributed by atoms with Gasteiger partial charge in [-0.2, -0.15) is 0 Å². The van der Waals surface area contributed by atoms with E-state index in [0.29, 0.717) is 29.2 Å². The first-order valence-electron chi connectivity index (χ1n) is 9.75. The van der Waals surface area contributed by atoms with Crippen molar-refractivity contribution in [2.75, 3.05) is 18.4 Å². The van der Waals surface area contributed by atoms with Gasteiger partial charge >= 0.3 is 0 Å². The summed E-state index contributed by atoms with van der Waals surface area (Å²) in [6.45, 7) is 5.20. The summed E-state index contributed by atoms with van der Waals surface area (Å²) in [6.07, 6.45) is 0. The minimum absolute atomic E-state index is 0.0367. The van der Waals surface area contributed by atoms with Gasteiger partial charge in [-0.25, -0.2) is 4.98 Å². The fraction of sp³-hybridized carbons (Fsp3) is 0.174. The lowest BCUT2D eigenvalue weighted by Gasteiger charge is -2.18. The molecule has 5 nitrogen and oxygen atoms in total. The Morgan fingerprint density at radius 3 is 2.53 bits per heavy atom. The second-order valence-electron chi connectivity index (χ2n) is 6.66. The molecule has 7 heteroatoms. The Bertz CT molecular complexity index is 1170. The third-order valence-corrected chi connectivity index (χ3v) is 7.04. The predicted molar refractivity (Wildman–Crippen MR) is 125 cm³/mol. The molecule has 0 radical (unpaired) electrons. The Hall–Kier alpha value is -3.03. The number of carbonyl (C=O) groups is 2. The molecule has 0 aliphatic rings. The number of thiophene rings is 1. The van der Waals surface area contributed by atoms with Crippen molar-refractivity contribution in [3.63, 3.8) is 0 Å². The van der Waals surface area contributed by atoms with Gasteiger partial charge in [-0.15, -0.1) is 22.7 Å². The van der Waals surface area contributed by atoms with Gasteiger partial charge in [0.25, 0.3) is 11.8 Å². The normalized spacial score (nSPS) is 10.9. The van der Waals surface area contributed by atoms with Crippen LogP contribution in [0.1, 0.15) is 33.9 Å². The molecule has 1 N–H and O–H groups in total. The summed E-state index contributed by atoms with van der Waals surface area (Å²) in [5, 5.41) is 3.81. The molecule has 2 amide bonds. The molecular weight excluding hydrogens is 414 g/mol. The minimum Gasteiger partial charge on any atom is -0.339 e. The monoisotopic (exact) mass is 435 g/mol. The number of thiazole rings is 1. The Labute approximate surface area is 183 Å². The van der Waals surface area contributed by atoms with E-state index in [9.17, 15) is 9.59 Å². The van der Waals surface area contributed by atoms with Gasteiger partial charge in [-0.05, 0) is 56.3 Å². The van der Waals surface area contributed by atoms with E-state index in [1.807, 2.05) is 50.2 Å². The van der Waals surface area contributed by atoms with E-state index in [1.54, 1.807) is 40.5 Å². The second kappa shape index (κ2) is 8.77. The van der Waals surface area contributed by atoms with Crippen molar-refractivity contribution in [3.8, 4) is 9.88 Å². The zero-order valence-corrected chi connectivity index (χ0v) is 18.3. The standard InChI is InChI=1S/C23H21N3O2S2/c1-3-26(4-2)23(28)15-8-7-9-16(14-15)24-21(27)19-12-13-20(29-19)22-25-17-10-5-6-11-18(17)30-22/h5-14H,3-4H2,1-2H3,(H,24,27). The number of para-hydroxylation sites is 1. The number of amides is 2. The minimum atomic E-state index is -0.195. The number of benzene rings is 2. The highest BCUT2D eigenvalue weighted by Gasteiger charge is 2.16. The summed E-state index contributed by atoms with van der Waals surface area (Å²) >= 11 is 3.03. The van der Waals surface area contributed by atoms with Crippen LogP contribution in [0.25, 0.3) is 20.1 Å². The van der Waals surface area contributed by atoms with Crippen molar-refractivity contribution in [2.24, 2.45) is 0 Å². The first-order valence-corrected chi connectivity index (χ1v) is 11.4. The highest BCUT2D eigenvalue weighted by molar-refractivity contribution is 7.26. The van der Waals surface area contributed by atoms with Crippen LogP contribution >= 0.6 is 22.7 Å². The number of nitrogens with zero attached hydrogens (tertiary/aromatic N) is 2. The first kappa shape index (κ1) is 20.3. The molecule has 2 heterocycles. The lowest BCUT2D eigenvalue weighted by molar-refractivity contribution is 0.0772.